The lowest BCUT2D eigenvalue weighted by atomic mass is 10.0. The quantitative estimate of drug-likeness (QED) is 0.431. The second kappa shape index (κ2) is 7.63. The summed E-state index contributed by atoms with van der Waals surface area (Å²) in [7, 11) is 0. The number of aromatic amines is 2. The van der Waals surface area contributed by atoms with Gasteiger partial charge in [0.15, 0.2) is 0 Å². The number of hydrogen-bond donors (Lipinski definition) is 2. The van der Waals surface area contributed by atoms with Crippen molar-refractivity contribution in [3.63, 3.8) is 0 Å². The highest BCUT2D eigenvalue weighted by Gasteiger charge is 2.14. The zero-order valence-electron chi connectivity index (χ0n) is 17.3. The van der Waals surface area contributed by atoms with Crippen LogP contribution in [0.5, 0.6) is 0 Å². The summed E-state index contributed by atoms with van der Waals surface area (Å²) >= 11 is 0. The molecule has 2 N–H and O–H groups in total. The zero-order valence-corrected chi connectivity index (χ0v) is 17.3. The standard InChI is InChI=1S/C25H24N6/c1-2-9-31(10-3-1)16-17-11-19(15-26-14-17)18-6-7-21-20(12-18)25(30-29-21)24-13-23-22(28-24)5-4-8-27-23/h4-8,11-15,28H,1-3,9-10,16H2,(H,29,30). The number of rotatable bonds is 4. The van der Waals surface area contributed by atoms with Crippen molar-refractivity contribution in [2.75, 3.05) is 13.1 Å². The molecule has 0 atom stereocenters. The lowest BCUT2D eigenvalue weighted by Gasteiger charge is -2.26. The smallest absolute Gasteiger partial charge is 0.116 e. The molecule has 0 amide bonds. The average Bonchev–Trinajstić information content (AvgIpc) is 3.43. The Kier molecular flexibility index (Phi) is 4.50. The van der Waals surface area contributed by atoms with Crippen LogP contribution in [0.3, 0.4) is 0 Å². The summed E-state index contributed by atoms with van der Waals surface area (Å²) in [6.45, 7) is 3.35. The van der Waals surface area contributed by atoms with E-state index in [1.807, 2.05) is 30.7 Å². The van der Waals surface area contributed by atoms with Gasteiger partial charge in [-0.3, -0.25) is 20.0 Å². The Morgan fingerprint density at radius 3 is 2.74 bits per heavy atom. The van der Waals surface area contributed by atoms with Crippen molar-refractivity contribution < 1.29 is 0 Å². The van der Waals surface area contributed by atoms with Gasteiger partial charge in [-0.15, -0.1) is 0 Å². The van der Waals surface area contributed by atoms with Gasteiger partial charge in [-0.05, 0) is 73.5 Å². The number of hydrogen-bond acceptors (Lipinski definition) is 4. The maximum Gasteiger partial charge on any atom is 0.116 e. The number of piperidine rings is 1. The minimum absolute atomic E-state index is 0.910. The Labute approximate surface area is 180 Å². The third kappa shape index (κ3) is 3.49. The van der Waals surface area contributed by atoms with Crippen molar-refractivity contribution in [2.45, 2.75) is 25.8 Å². The molecule has 0 saturated carbocycles. The fourth-order valence-corrected chi connectivity index (χ4v) is 4.59. The number of nitrogens with one attached hydrogen (secondary N) is 2. The molecule has 1 aliphatic heterocycles. The molecule has 6 heteroatoms. The lowest BCUT2D eigenvalue weighted by molar-refractivity contribution is 0.220. The summed E-state index contributed by atoms with van der Waals surface area (Å²) in [6.07, 6.45) is 9.72. The highest BCUT2D eigenvalue weighted by atomic mass is 15.1. The van der Waals surface area contributed by atoms with E-state index in [-0.39, 0.29) is 0 Å². The second-order valence-electron chi connectivity index (χ2n) is 8.37. The number of aromatic nitrogens is 5. The fraction of sp³-hybridized carbons (Fsp3) is 0.240. The van der Waals surface area contributed by atoms with E-state index in [1.165, 1.54) is 37.9 Å². The van der Waals surface area contributed by atoms with Crippen LogP contribution in [-0.2, 0) is 6.54 Å². The molecule has 5 heterocycles. The first-order valence-corrected chi connectivity index (χ1v) is 10.9. The lowest BCUT2D eigenvalue weighted by Crippen LogP contribution is -2.29. The van der Waals surface area contributed by atoms with Crippen LogP contribution in [0.4, 0.5) is 0 Å². The van der Waals surface area contributed by atoms with E-state index in [4.69, 9.17) is 0 Å². The van der Waals surface area contributed by atoms with Crippen LogP contribution >= 0.6 is 0 Å². The van der Waals surface area contributed by atoms with Gasteiger partial charge in [0.2, 0.25) is 0 Å². The van der Waals surface area contributed by atoms with Gasteiger partial charge in [-0.25, -0.2) is 0 Å². The van der Waals surface area contributed by atoms with Gasteiger partial charge in [0.05, 0.1) is 22.2 Å². The van der Waals surface area contributed by atoms with Gasteiger partial charge in [0.25, 0.3) is 0 Å². The molecule has 1 fully saturated rings. The number of fused-ring (bicyclic) bond motifs is 2. The van der Waals surface area contributed by atoms with Crippen LogP contribution in [0.2, 0.25) is 0 Å². The number of benzene rings is 1. The molecule has 1 aliphatic rings. The van der Waals surface area contributed by atoms with Crippen LogP contribution in [0, 0.1) is 0 Å². The molecule has 6 rings (SSSR count). The summed E-state index contributed by atoms with van der Waals surface area (Å²) in [4.78, 5) is 14.9. The highest BCUT2D eigenvalue weighted by molar-refractivity contribution is 5.97. The largest absolute Gasteiger partial charge is 0.352 e. The molecule has 0 spiro atoms. The number of pyridine rings is 2. The third-order valence-electron chi connectivity index (χ3n) is 6.19. The van der Waals surface area contributed by atoms with Crippen molar-refractivity contribution in [2.24, 2.45) is 0 Å². The first-order chi connectivity index (χ1) is 15.3. The Hall–Kier alpha value is -3.51. The summed E-state index contributed by atoms with van der Waals surface area (Å²) in [5.74, 6) is 0. The summed E-state index contributed by atoms with van der Waals surface area (Å²) in [5, 5.41) is 8.84. The van der Waals surface area contributed by atoms with Gasteiger partial charge in [0, 0.05) is 36.1 Å². The van der Waals surface area contributed by atoms with Crippen LogP contribution in [-0.4, -0.2) is 43.1 Å². The first kappa shape index (κ1) is 18.3. The van der Waals surface area contributed by atoms with Crippen LogP contribution in [0.25, 0.3) is 44.5 Å². The maximum absolute atomic E-state index is 4.58. The Morgan fingerprint density at radius 2 is 1.84 bits per heavy atom. The third-order valence-corrected chi connectivity index (χ3v) is 6.19. The normalized spacial score (nSPS) is 15.1. The van der Waals surface area contributed by atoms with Gasteiger partial charge < -0.3 is 4.98 Å². The molecular formula is C25H24N6. The van der Waals surface area contributed by atoms with Crippen molar-refractivity contribution in [3.05, 3.63) is 66.6 Å². The van der Waals surface area contributed by atoms with E-state index < -0.39 is 0 Å². The monoisotopic (exact) mass is 408 g/mol. The average molecular weight is 409 g/mol. The minimum atomic E-state index is 0.910. The molecule has 1 saturated heterocycles. The Morgan fingerprint density at radius 1 is 0.903 bits per heavy atom. The van der Waals surface area contributed by atoms with E-state index in [2.05, 4.69) is 60.4 Å². The summed E-state index contributed by atoms with van der Waals surface area (Å²) in [5.41, 5.74) is 8.41. The summed E-state index contributed by atoms with van der Waals surface area (Å²) in [6, 6.07) is 14.7. The van der Waals surface area contributed by atoms with Gasteiger partial charge in [-0.1, -0.05) is 12.5 Å². The van der Waals surface area contributed by atoms with Gasteiger partial charge in [0.1, 0.15) is 5.69 Å². The van der Waals surface area contributed by atoms with E-state index in [0.717, 1.165) is 51.0 Å². The van der Waals surface area contributed by atoms with Gasteiger partial charge in [-0.2, -0.15) is 5.10 Å². The second-order valence-corrected chi connectivity index (χ2v) is 8.37. The minimum Gasteiger partial charge on any atom is -0.352 e. The van der Waals surface area contributed by atoms with Crippen molar-refractivity contribution in [3.8, 4) is 22.5 Å². The molecule has 31 heavy (non-hydrogen) atoms. The SMILES string of the molecule is c1cnc2cc(-c3n[nH]c4ccc(-c5cncc(CN6CCCCC6)c5)cc34)[nH]c2c1. The van der Waals surface area contributed by atoms with Crippen LogP contribution in [0.15, 0.2) is 61.1 Å². The Bertz CT molecular complexity index is 1330. The molecule has 0 unspecified atom stereocenters. The molecule has 154 valence electrons. The molecule has 6 nitrogen and oxygen atoms in total. The molecular weight excluding hydrogens is 384 g/mol. The fourth-order valence-electron chi connectivity index (χ4n) is 4.59. The van der Waals surface area contributed by atoms with E-state index in [1.54, 1.807) is 0 Å². The van der Waals surface area contributed by atoms with Crippen molar-refractivity contribution in [1.82, 2.24) is 30.0 Å². The van der Waals surface area contributed by atoms with E-state index in [0.29, 0.717) is 0 Å². The topological polar surface area (TPSA) is 73.5 Å². The molecule has 0 bridgehead atoms. The maximum atomic E-state index is 4.58. The van der Waals surface area contributed by atoms with E-state index in [9.17, 15) is 0 Å². The Balaban J connectivity index is 1.36. The first-order valence-electron chi connectivity index (χ1n) is 10.9. The molecule has 0 radical (unpaired) electrons. The van der Waals surface area contributed by atoms with E-state index >= 15 is 0 Å². The predicted molar refractivity (Wildman–Crippen MR) is 124 cm³/mol. The summed E-state index contributed by atoms with van der Waals surface area (Å²) < 4.78 is 0. The van der Waals surface area contributed by atoms with Crippen molar-refractivity contribution >= 4 is 21.9 Å². The van der Waals surface area contributed by atoms with Gasteiger partial charge >= 0.3 is 0 Å². The zero-order chi connectivity index (χ0) is 20.6. The molecule has 5 aromatic rings. The number of nitrogens with zero attached hydrogens (tertiary/aromatic N) is 4. The van der Waals surface area contributed by atoms with Crippen molar-refractivity contribution in [1.29, 1.82) is 0 Å². The number of likely N-dealkylation sites (tertiary alicyclic amines) is 1. The number of H-pyrrole nitrogens is 2. The van der Waals surface area contributed by atoms with Crippen LogP contribution < -0.4 is 0 Å². The molecule has 1 aromatic carbocycles. The highest BCUT2D eigenvalue weighted by Crippen LogP contribution is 2.31. The molecule has 0 aliphatic carbocycles. The molecule has 4 aromatic heterocycles. The predicted octanol–water partition coefficient (Wildman–Crippen LogP) is 5.15. The van der Waals surface area contributed by atoms with Crippen LogP contribution in [0.1, 0.15) is 24.8 Å².